The van der Waals surface area contributed by atoms with E-state index < -0.39 is 5.97 Å². The molecule has 0 amide bonds. The molecule has 0 atom stereocenters. The number of piperidine rings is 2. The summed E-state index contributed by atoms with van der Waals surface area (Å²) in [4.78, 5) is 10.5. The van der Waals surface area contributed by atoms with Gasteiger partial charge in [-0.15, -0.1) is 0 Å². The Morgan fingerprint density at radius 1 is 1.64 bits per heavy atom. The number of carboxylic acid groups (broad SMARTS) is 1. The molecule has 11 heavy (non-hydrogen) atoms. The first-order chi connectivity index (χ1) is 5.20. The molecule has 2 aliphatic heterocycles. The highest BCUT2D eigenvalue weighted by molar-refractivity contribution is 5.68. The van der Waals surface area contributed by atoms with Crippen LogP contribution in [0.3, 0.4) is 0 Å². The van der Waals surface area contributed by atoms with Crippen LogP contribution >= 0.6 is 0 Å². The van der Waals surface area contributed by atoms with E-state index in [1.165, 1.54) is 6.42 Å². The maximum atomic E-state index is 10.5. The number of carbonyl (C=O) groups is 1. The highest BCUT2D eigenvalue weighted by Gasteiger charge is 2.47. The van der Waals surface area contributed by atoms with Crippen LogP contribution in [0.4, 0.5) is 0 Å². The van der Waals surface area contributed by atoms with Gasteiger partial charge in [0, 0.05) is 5.54 Å². The molecule has 0 spiro atoms. The zero-order chi connectivity index (χ0) is 7.90. The molecule has 3 heteroatoms. The molecule has 2 N–H and O–H groups in total. The van der Waals surface area contributed by atoms with Crippen LogP contribution in [0, 0.1) is 5.92 Å². The van der Waals surface area contributed by atoms with Gasteiger partial charge in [-0.05, 0) is 31.7 Å². The summed E-state index contributed by atoms with van der Waals surface area (Å²) in [5, 5.41) is 11.9. The molecule has 0 aromatic heterocycles. The molecule has 3 aliphatic rings. The Morgan fingerprint density at radius 2 is 2.36 bits per heavy atom. The molecule has 2 heterocycles. The van der Waals surface area contributed by atoms with Crippen molar-refractivity contribution >= 4 is 5.97 Å². The zero-order valence-electron chi connectivity index (χ0n) is 6.47. The Labute approximate surface area is 65.8 Å². The number of carboxylic acids is 1. The number of hydrogen-bond acceptors (Lipinski definition) is 2. The van der Waals surface area contributed by atoms with Crippen molar-refractivity contribution in [2.24, 2.45) is 5.92 Å². The third-order valence-corrected chi connectivity index (χ3v) is 2.90. The van der Waals surface area contributed by atoms with Crippen molar-refractivity contribution < 1.29 is 9.90 Å². The minimum Gasteiger partial charge on any atom is -0.481 e. The Bertz CT molecular complexity index is 179. The fraction of sp³-hybridized carbons (Fsp3) is 0.875. The lowest BCUT2D eigenvalue weighted by Gasteiger charge is -2.52. The Hall–Kier alpha value is -0.570. The van der Waals surface area contributed by atoms with Crippen LogP contribution in [0.25, 0.3) is 0 Å². The first kappa shape index (κ1) is 7.10. The van der Waals surface area contributed by atoms with Gasteiger partial charge in [-0.1, -0.05) is 0 Å². The first-order valence-electron chi connectivity index (χ1n) is 4.17. The summed E-state index contributed by atoms with van der Waals surface area (Å²) < 4.78 is 0. The highest BCUT2D eigenvalue weighted by Crippen LogP contribution is 2.45. The van der Waals surface area contributed by atoms with Crippen LogP contribution in [-0.4, -0.2) is 23.2 Å². The fourth-order valence-corrected chi connectivity index (χ4v) is 2.43. The summed E-state index contributed by atoms with van der Waals surface area (Å²) in [5.41, 5.74) is -0.00521. The molecular formula is C8H13NO2. The molecule has 2 bridgehead atoms. The summed E-state index contributed by atoms with van der Waals surface area (Å²) in [6.45, 7) is 1.01. The molecule has 3 rings (SSSR count). The van der Waals surface area contributed by atoms with Crippen LogP contribution in [-0.2, 0) is 4.79 Å². The molecule has 0 unspecified atom stereocenters. The van der Waals surface area contributed by atoms with Crippen LogP contribution in [0.5, 0.6) is 0 Å². The summed E-state index contributed by atoms with van der Waals surface area (Å²) in [6, 6.07) is 0. The smallest absolute Gasteiger partial charge is 0.305 e. The number of fused-ring (bicyclic) bond motifs is 2. The lowest BCUT2D eigenvalue weighted by molar-refractivity contribution is -0.141. The number of rotatable bonds is 2. The monoisotopic (exact) mass is 155 g/mol. The lowest BCUT2D eigenvalue weighted by atomic mass is 9.62. The van der Waals surface area contributed by atoms with Gasteiger partial charge in [-0.2, -0.15) is 0 Å². The first-order valence-corrected chi connectivity index (χ1v) is 4.17. The van der Waals surface area contributed by atoms with E-state index in [9.17, 15) is 4.79 Å². The largest absolute Gasteiger partial charge is 0.481 e. The lowest BCUT2D eigenvalue weighted by Crippen LogP contribution is -2.61. The predicted octanol–water partition coefficient (Wildman–Crippen LogP) is 0.603. The summed E-state index contributed by atoms with van der Waals surface area (Å²) in [7, 11) is 0. The Kier molecular flexibility index (Phi) is 1.42. The molecule has 3 nitrogen and oxygen atoms in total. The Morgan fingerprint density at radius 3 is 2.82 bits per heavy atom. The summed E-state index contributed by atoms with van der Waals surface area (Å²) in [5.74, 6) is 0.147. The molecule has 1 saturated carbocycles. The third-order valence-electron chi connectivity index (χ3n) is 2.90. The van der Waals surface area contributed by atoms with Gasteiger partial charge in [0.1, 0.15) is 0 Å². The minimum absolute atomic E-state index is 0.00521. The zero-order valence-corrected chi connectivity index (χ0v) is 6.47. The summed E-state index contributed by atoms with van der Waals surface area (Å²) in [6.07, 6.45) is 3.71. The van der Waals surface area contributed by atoms with Crippen LogP contribution in [0.1, 0.15) is 25.7 Å². The van der Waals surface area contributed by atoms with Crippen LogP contribution in [0.15, 0.2) is 0 Å². The van der Waals surface area contributed by atoms with Crippen molar-refractivity contribution in [3.05, 3.63) is 0 Å². The van der Waals surface area contributed by atoms with E-state index in [1.54, 1.807) is 0 Å². The van der Waals surface area contributed by atoms with Crippen molar-refractivity contribution in [3.8, 4) is 0 Å². The molecule has 0 aromatic rings. The molecule has 0 radical (unpaired) electrons. The average molecular weight is 155 g/mol. The molecule has 3 fully saturated rings. The van der Waals surface area contributed by atoms with Crippen molar-refractivity contribution in [1.82, 2.24) is 5.32 Å². The maximum absolute atomic E-state index is 10.5. The van der Waals surface area contributed by atoms with Gasteiger partial charge >= 0.3 is 5.97 Å². The maximum Gasteiger partial charge on any atom is 0.305 e. The predicted molar refractivity (Wildman–Crippen MR) is 40.3 cm³/mol. The van der Waals surface area contributed by atoms with E-state index in [0.29, 0.717) is 6.42 Å². The van der Waals surface area contributed by atoms with E-state index in [4.69, 9.17) is 5.11 Å². The highest BCUT2D eigenvalue weighted by atomic mass is 16.4. The average Bonchev–Trinajstić information content (AvgIpc) is 1.84. The van der Waals surface area contributed by atoms with Gasteiger partial charge in [0.25, 0.3) is 0 Å². The molecule has 2 saturated heterocycles. The third kappa shape index (κ3) is 1.13. The van der Waals surface area contributed by atoms with E-state index in [0.717, 1.165) is 25.3 Å². The van der Waals surface area contributed by atoms with Gasteiger partial charge in [-0.3, -0.25) is 4.79 Å². The van der Waals surface area contributed by atoms with Crippen LogP contribution in [0.2, 0.25) is 0 Å². The van der Waals surface area contributed by atoms with Gasteiger partial charge in [0.15, 0.2) is 0 Å². The normalized spacial score (nSPS) is 41.3. The van der Waals surface area contributed by atoms with Gasteiger partial charge in [0.2, 0.25) is 0 Å². The van der Waals surface area contributed by atoms with E-state index in [1.807, 2.05) is 0 Å². The van der Waals surface area contributed by atoms with E-state index in [2.05, 4.69) is 5.32 Å². The molecule has 0 aromatic carbocycles. The van der Waals surface area contributed by atoms with Crippen molar-refractivity contribution in [2.45, 2.75) is 31.2 Å². The number of nitrogens with one attached hydrogen (secondary N) is 1. The van der Waals surface area contributed by atoms with Crippen molar-refractivity contribution in [3.63, 3.8) is 0 Å². The van der Waals surface area contributed by atoms with Gasteiger partial charge < -0.3 is 10.4 Å². The molecule has 62 valence electrons. The second kappa shape index (κ2) is 2.21. The topological polar surface area (TPSA) is 49.3 Å². The fourth-order valence-electron chi connectivity index (χ4n) is 2.43. The second-order valence-electron chi connectivity index (χ2n) is 3.84. The quantitative estimate of drug-likeness (QED) is 0.614. The molecular weight excluding hydrogens is 142 g/mol. The van der Waals surface area contributed by atoms with Gasteiger partial charge in [-0.25, -0.2) is 0 Å². The van der Waals surface area contributed by atoms with E-state index >= 15 is 0 Å². The van der Waals surface area contributed by atoms with Crippen molar-refractivity contribution in [2.75, 3.05) is 6.54 Å². The van der Waals surface area contributed by atoms with Gasteiger partial charge in [0.05, 0.1) is 6.42 Å². The molecule has 1 aliphatic carbocycles. The summed E-state index contributed by atoms with van der Waals surface area (Å²) >= 11 is 0. The van der Waals surface area contributed by atoms with Crippen molar-refractivity contribution in [1.29, 1.82) is 0 Å². The second-order valence-corrected chi connectivity index (χ2v) is 3.84. The SMILES string of the molecule is O=C(O)CC12CC(CCN1)C2. The minimum atomic E-state index is -0.669. The van der Waals surface area contributed by atoms with Crippen LogP contribution < -0.4 is 5.32 Å². The van der Waals surface area contributed by atoms with E-state index in [-0.39, 0.29) is 5.54 Å². The number of aliphatic carboxylic acids is 1. The Balaban J connectivity index is 1.96. The number of hydrogen-bond donors (Lipinski definition) is 2. The standard InChI is InChI=1S/C8H13NO2/c10-7(11)5-8-3-6(4-8)1-2-9-8/h6,9H,1-5H2,(H,10,11).